The number of hydrogen-bond acceptors (Lipinski definition) is 8. The summed E-state index contributed by atoms with van der Waals surface area (Å²) in [5, 5.41) is 53.9. The van der Waals surface area contributed by atoms with Crippen molar-refractivity contribution in [2.24, 2.45) is 0 Å². The third-order valence-corrected chi connectivity index (χ3v) is 22.9. The van der Waals surface area contributed by atoms with Gasteiger partial charge in [-0.3, -0.25) is 0 Å². The van der Waals surface area contributed by atoms with Crippen molar-refractivity contribution in [2.45, 2.75) is 593 Å². The van der Waals surface area contributed by atoms with Crippen LogP contribution in [0.5, 0.6) is 0 Å². The molecular formula is C100H212N4O4. The van der Waals surface area contributed by atoms with Gasteiger partial charge >= 0.3 is 0 Å². The summed E-state index contributed by atoms with van der Waals surface area (Å²) >= 11 is 0. The minimum Gasteiger partial charge on any atom is -0.392 e. The van der Waals surface area contributed by atoms with Crippen molar-refractivity contribution in [3.8, 4) is 0 Å². The molecule has 4 atom stereocenters. The van der Waals surface area contributed by atoms with Crippen LogP contribution in [0.25, 0.3) is 0 Å². The molecule has 656 valence electrons. The molecule has 0 aliphatic heterocycles. The fraction of sp³-hybridized carbons (Fsp3) is 1.00. The first-order valence-corrected chi connectivity index (χ1v) is 50.8. The van der Waals surface area contributed by atoms with Crippen LogP contribution in [-0.4, -0.2) is 97.2 Å². The van der Waals surface area contributed by atoms with Crippen LogP contribution >= 0.6 is 0 Å². The Labute approximate surface area is 683 Å². The molecule has 0 aliphatic rings. The Morgan fingerprint density at radius 1 is 0.130 bits per heavy atom. The van der Waals surface area contributed by atoms with Crippen LogP contribution < -0.4 is 21.3 Å². The molecule has 0 bridgehead atoms. The fourth-order valence-electron chi connectivity index (χ4n) is 15.2. The van der Waals surface area contributed by atoms with Gasteiger partial charge in [-0.2, -0.15) is 0 Å². The molecule has 0 aliphatic carbocycles. The van der Waals surface area contributed by atoms with E-state index in [1.165, 1.54) is 488 Å². The molecule has 0 amide bonds. The lowest BCUT2D eigenvalue weighted by Crippen LogP contribution is -2.27. The predicted molar refractivity (Wildman–Crippen MR) is 490 cm³/mol. The van der Waals surface area contributed by atoms with Gasteiger partial charge in [0, 0.05) is 26.2 Å². The molecule has 0 saturated heterocycles. The zero-order valence-corrected chi connectivity index (χ0v) is 76.3. The summed E-state index contributed by atoms with van der Waals surface area (Å²) in [7, 11) is 0. The van der Waals surface area contributed by atoms with Gasteiger partial charge in [-0.25, -0.2) is 0 Å². The molecule has 108 heavy (non-hydrogen) atoms. The second kappa shape index (κ2) is 111. The van der Waals surface area contributed by atoms with E-state index >= 15 is 0 Å². The maximum atomic E-state index is 10.1. The van der Waals surface area contributed by atoms with E-state index in [9.17, 15) is 20.4 Å². The van der Waals surface area contributed by atoms with Crippen molar-refractivity contribution < 1.29 is 20.4 Å². The lowest BCUT2D eigenvalue weighted by molar-refractivity contribution is 0.157. The molecule has 0 radical (unpaired) electrons. The van der Waals surface area contributed by atoms with Crippen LogP contribution in [0.4, 0.5) is 0 Å². The SMILES string of the molecule is CCCCCCCCCC(O)CNCCCCCCCC.CCCCCCCCCCCCCCCCNCC(O)CCCCCCCCCCC.CCCCCCCCCCCCCCNCC(O)CCCCCCCCCCC.CCCCCCCCCCCCNCC(O)CCCCCCCCCCC. The zero-order chi connectivity index (χ0) is 79.4. The van der Waals surface area contributed by atoms with Crippen LogP contribution in [0.2, 0.25) is 0 Å². The molecule has 8 nitrogen and oxygen atoms in total. The first kappa shape index (κ1) is 114. The van der Waals surface area contributed by atoms with Gasteiger partial charge in [-0.05, 0) is 77.5 Å². The maximum absolute atomic E-state index is 10.1. The Morgan fingerprint density at radius 2 is 0.222 bits per heavy atom. The number of rotatable bonds is 92. The highest BCUT2D eigenvalue weighted by Gasteiger charge is 2.08. The summed E-state index contributed by atoms with van der Waals surface area (Å²) in [6.45, 7) is 25.6. The molecule has 0 aromatic rings. The van der Waals surface area contributed by atoms with Crippen LogP contribution in [0.15, 0.2) is 0 Å². The highest BCUT2D eigenvalue weighted by molar-refractivity contribution is 4.66. The average Bonchev–Trinajstić information content (AvgIpc) is 3.19. The Kier molecular flexibility index (Phi) is 117. The molecular weight excluding hydrogens is 1320 g/mol. The summed E-state index contributed by atoms with van der Waals surface area (Å²) in [5.74, 6) is 0. The fourth-order valence-corrected chi connectivity index (χ4v) is 15.2. The smallest absolute Gasteiger partial charge is 0.0664 e. The van der Waals surface area contributed by atoms with Crippen molar-refractivity contribution >= 4 is 0 Å². The van der Waals surface area contributed by atoms with Gasteiger partial charge in [0.1, 0.15) is 0 Å². The van der Waals surface area contributed by atoms with E-state index in [4.69, 9.17) is 0 Å². The minimum atomic E-state index is -0.142. The van der Waals surface area contributed by atoms with E-state index in [1.54, 1.807) is 0 Å². The standard InChI is InChI=1S/C29H61NO.C27H57NO.C25H53NO.C19H41NO/c1-3-5-7-9-11-13-14-15-16-17-19-21-23-25-27-30-28-29(31)26-24-22-20-18-12-10-8-6-4-2;1-3-5-7-9-11-13-14-15-17-19-21-23-25-28-26-27(29)24-22-20-18-16-12-10-8-6-4-2;1-3-5-7-9-11-13-15-17-19-21-23-26-24-25(27)22-20-18-16-14-12-10-8-6-4-2;1-3-5-7-9-11-12-14-16-19(21)18-20-17-15-13-10-8-6-4-2/h29-31H,3-28H2,1-2H3;27-29H,3-26H2,1-2H3;25-27H,3-24H2,1-2H3;19-21H,3-18H2,1-2H3. The molecule has 0 aromatic heterocycles. The summed E-state index contributed by atoms with van der Waals surface area (Å²) < 4.78 is 0. The average molecular weight is 1530 g/mol. The predicted octanol–water partition coefficient (Wildman–Crippen LogP) is 31.1. The Balaban J connectivity index is -0.000000673. The van der Waals surface area contributed by atoms with E-state index in [-0.39, 0.29) is 24.4 Å². The first-order chi connectivity index (χ1) is 53.2. The Bertz CT molecular complexity index is 1440. The van der Waals surface area contributed by atoms with Gasteiger partial charge < -0.3 is 41.7 Å². The quantitative estimate of drug-likeness (QED) is 0.0283. The second-order valence-corrected chi connectivity index (χ2v) is 34.6. The van der Waals surface area contributed by atoms with Crippen LogP contribution in [-0.2, 0) is 0 Å². The minimum absolute atomic E-state index is 0.138. The van der Waals surface area contributed by atoms with Crippen molar-refractivity contribution in [2.75, 3.05) is 52.4 Å². The Morgan fingerprint density at radius 3 is 0.333 bits per heavy atom. The lowest BCUT2D eigenvalue weighted by Gasteiger charge is -2.11. The maximum Gasteiger partial charge on any atom is 0.0664 e. The molecule has 0 aromatic carbocycles. The first-order valence-electron chi connectivity index (χ1n) is 50.8. The van der Waals surface area contributed by atoms with E-state index in [0.29, 0.717) is 0 Å². The van der Waals surface area contributed by atoms with Gasteiger partial charge in [0.2, 0.25) is 0 Å². The molecule has 0 fully saturated rings. The number of aliphatic hydroxyl groups is 4. The molecule has 0 heterocycles. The largest absolute Gasteiger partial charge is 0.392 e. The van der Waals surface area contributed by atoms with Crippen molar-refractivity contribution in [1.82, 2.24) is 21.3 Å². The summed E-state index contributed by atoms with van der Waals surface area (Å²) in [6.07, 6.45) is 108. The molecule has 8 N–H and O–H groups in total. The summed E-state index contributed by atoms with van der Waals surface area (Å²) in [4.78, 5) is 0. The lowest BCUT2D eigenvalue weighted by atomic mass is 10.0. The molecule has 0 saturated carbocycles. The number of nitrogens with one attached hydrogen (secondary N) is 4. The Hall–Kier alpha value is -0.320. The van der Waals surface area contributed by atoms with Crippen molar-refractivity contribution in [3.63, 3.8) is 0 Å². The molecule has 0 spiro atoms. The highest BCUT2D eigenvalue weighted by atomic mass is 16.3. The molecule has 4 unspecified atom stereocenters. The third-order valence-electron chi connectivity index (χ3n) is 22.9. The van der Waals surface area contributed by atoms with Crippen LogP contribution in [0, 0.1) is 0 Å². The summed E-state index contributed by atoms with van der Waals surface area (Å²) in [5.41, 5.74) is 0. The van der Waals surface area contributed by atoms with Gasteiger partial charge in [0.15, 0.2) is 0 Å². The van der Waals surface area contributed by atoms with Crippen molar-refractivity contribution in [1.29, 1.82) is 0 Å². The van der Waals surface area contributed by atoms with Crippen LogP contribution in [0.1, 0.15) is 569 Å². The zero-order valence-electron chi connectivity index (χ0n) is 76.3. The monoisotopic (exact) mass is 1530 g/mol. The summed E-state index contributed by atoms with van der Waals surface area (Å²) in [6, 6.07) is 0. The third kappa shape index (κ3) is 117. The topological polar surface area (TPSA) is 129 Å². The number of aliphatic hydroxyl groups excluding tert-OH is 4. The van der Waals surface area contributed by atoms with E-state index < -0.39 is 0 Å². The number of unbranched alkanes of at least 4 members (excludes halogenated alkanes) is 68. The van der Waals surface area contributed by atoms with E-state index in [2.05, 4.69) is 76.7 Å². The van der Waals surface area contributed by atoms with Gasteiger partial charge in [-0.15, -0.1) is 0 Å². The highest BCUT2D eigenvalue weighted by Crippen LogP contribution is 2.19. The number of hydrogen-bond donors (Lipinski definition) is 8. The molecule has 8 heteroatoms. The van der Waals surface area contributed by atoms with Gasteiger partial charge in [0.05, 0.1) is 24.4 Å². The second-order valence-electron chi connectivity index (χ2n) is 34.6. The normalized spacial score (nSPS) is 12.6. The van der Waals surface area contributed by atoms with Gasteiger partial charge in [0.25, 0.3) is 0 Å². The van der Waals surface area contributed by atoms with Gasteiger partial charge in [-0.1, -0.05) is 518 Å². The van der Waals surface area contributed by atoms with Crippen LogP contribution in [0.3, 0.4) is 0 Å². The van der Waals surface area contributed by atoms with E-state index in [0.717, 1.165) is 78.0 Å². The van der Waals surface area contributed by atoms with E-state index in [1.807, 2.05) is 0 Å². The van der Waals surface area contributed by atoms with Crippen molar-refractivity contribution in [3.05, 3.63) is 0 Å². The molecule has 0 rings (SSSR count).